The van der Waals surface area contributed by atoms with E-state index in [0.717, 1.165) is 30.5 Å². The van der Waals surface area contributed by atoms with Gasteiger partial charge in [-0.15, -0.1) is 10.2 Å². The van der Waals surface area contributed by atoms with Crippen LogP contribution in [0.5, 0.6) is 5.88 Å². The highest BCUT2D eigenvalue weighted by atomic mass is 32.1. The first-order valence-corrected chi connectivity index (χ1v) is 7.98. The minimum Gasteiger partial charge on any atom is -0.468 e. The molecule has 2 aromatic heterocycles. The van der Waals surface area contributed by atoms with Crippen molar-refractivity contribution < 1.29 is 22.7 Å². The average molecular weight is 360 g/mol. The Morgan fingerprint density at radius 2 is 2.12 bits per heavy atom. The summed E-state index contributed by atoms with van der Waals surface area (Å²) in [5, 5.41) is 11.6. The molecule has 0 bridgehead atoms. The second-order valence-electron chi connectivity index (χ2n) is 4.85. The number of rotatable bonds is 7. The Morgan fingerprint density at radius 1 is 1.33 bits per heavy atom. The van der Waals surface area contributed by atoms with E-state index in [-0.39, 0.29) is 11.4 Å². The second kappa shape index (κ2) is 8.04. The van der Waals surface area contributed by atoms with Crippen molar-refractivity contribution in [1.29, 1.82) is 0 Å². The molecular formula is C14H15F3N4O2S. The maximum absolute atomic E-state index is 12.0. The topological polar surface area (TPSA) is 77.0 Å². The highest BCUT2D eigenvalue weighted by Crippen LogP contribution is 2.19. The van der Waals surface area contributed by atoms with Crippen molar-refractivity contribution in [3.63, 3.8) is 0 Å². The Labute approximate surface area is 140 Å². The second-order valence-corrected chi connectivity index (χ2v) is 5.91. The molecule has 10 heteroatoms. The van der Waals surface area contributed by atoms with Crippen molar-refractivity contribution in [2.24, 2.45) is 0 Å². The van der Waals surface area contributed by atoms with Gasteiger partial charge < -0.3 is 4.74 Å². The minimum atomic E-state index is -4.44. The van der Waals surface area contributed by atoms with E-state index < -0.39 is 18.7 Å². The number of hydrogen-bond donors (Lipinski definition) is 1. The third kappa shape index (κ3) is 5.76. The summed E-state index contributed by atoms with van der Waals surface area (Å²) in [5.74, 6) is -0.676. The summed E-state index contributed by atoms with van der Waals surface area (Å²) in [7, 11) is 0. The summed E-state index contributed by atoms with van der Waals surface area (Å²) in [6, 6.07) is 2.53. The molecule has 0 fully saturated rings. The van der Waals surface area contributed by atoms with Gasteiger partial charge in [0, 0.05) is 18.7 Å². The van der Waals surface area contributed by atoms with Crippen LogP contribution in [0.1, 0.15) is 35.1 Å². The van der Waals surface area contributed by atoms with Crippen LogP contribution in [0.3, 0.4) is 0 Å². The maximum Gasteiger partial charge on any atom is 0.422 e. The summed E-state index contributed by atoms with van der Waals surface area (Å²) in [6.07, 6.45) is -0.469. The van der Waals surface area contributed by atoms with Gasteiger partial charge in [0.2, 0.25) is 11.0 Å². The molecule has 2 heterocycles. The zero-order chi connectivity index (χ0) is 17.6. The van der Waals surface area contributed by atoms with Gasteiger partial charge in [-0.25, -0.2) is 4.98 Å². The lowest BCUT2D eigenvalue weighted by Gasteiger charge is -2.08. The molecule has 130 valence electrons. The molecule has 1 N–H and O–H groups in total. The number of pyridine rings is 1. The lowest BCUT2D eigenvalue weighted by Crippen LogP contribution is -2.19. The van der Waals surface area contributed by atoms with E-state index in [9.17, 15) is 18.0 Å². The SMILES string of the molecule is CCCCc1nnc(NC(=O)c2ccc(OCC(F)(F)F)nc2)s1. The molecule has 0 atom stereocenters. The number of unbranched alkanes of at least 4 members (excludes halogenated alkanes) is 1. The number of nitrogens with one attached hydrogen (secondary N) is 1. The highest BCUT2D eigenvalue weighted by Gasteiger charge is 2.28. The van der Waals surface area contributed by atoms with Crippen molar-refractivity contribution in [3.8, 4) is 5.88 Å². The van der Waals surface area contributed by atoms with E-state index in [1.165, 1.54) is 23.5 Å². The number of carbonyl (C=O) groups excluding carboxylic acids is 1. The van der Waals surface area contributed by atoms with Gasteiger partial charge in [-0.1, -0.05) is 24.7 Å². The number of amides is 1. The highest BCUT2D eigenvalue weighted by molar-refractivity contribution is 7.15. The van der Waals surface area contributed by atoms with Crippen LogP contribution >= 0.6 is 11.3 Å². The third-order valence-electron chi connectivity index (χ3n) is 2.81. The van der Waals surface area contributed by atoms with Gasteiger partial charge >= 0.3 is 6.18 Å². The van der Waals surface area contributed by atoms with Gasteiger partial charge in [-0.2, -0.15) is 13.2 Å². The molecule has 0 unspecified atom stereocenters. The summed E-state index contributed by atoms with van der Waals surface area (Å²) in [4.78, 5) is 15.7. The Kier molecular flexibility index (Phi) is 6.07. The molecular weight excluding hydrogens is 345 g/mol. The van der Waals surface area contributed by atoms with Crippen LogP contribution in [0.2, 0.25) is 0 Å². The first-order valence-electron chi connectivity index (χ1n) is 7.16. The summed E-state index contributed by atoms with van der Waals surface area (Å²) < 4.78 is 40.6. The van der Waals surface area contributed by atoms with E-state index in [2.05, 4.69) is 32.2 Å². The number of carbonyl (C=O) groups is 1. The fourth-order valence-corrected chi connectivity index (χ4v) is 2.43. The average Bonchev–Trinajstić information content (AvgIpc) is 2.98. The van der Waals surface area contributed by atoms with Gasteiger partial charge in [0.1, 0.15) is 5.01 Å². The van der Waals surface area contributed by atoms with Crippen molar-refractivity contribution in [2.45, 2.75) is 32.4 Å². The standard InChI is InChI=1S/C14H15F3N4O2S/c1-2-3-4-11-20-21-13(24-11)19-12(22)9-5-6-10(18-7-9)23-8-14(15,16)17/h5-7H,2-4,8H2,1H3,(H,19,21,22). The quantitative estimate of drug-likeness (QED) is 0.818. The van der Waals surface area contributed by atoms with Crippen LogP contribution < -0.4 is 10.1 Å². The normalized spacial score (nSPS) is 11.3. The molecule has 2 rings (SSSR count). The van der Waals surface area contributed by atoms with E-state index >= 15 is 0 Å². The number of ether oxygens (including phenoxy) is 1. The fraction of sp³-hybridized carbons (Fsp3) is 0.429. The number of anilines is 1. The third-order valence-corrected chi connectivity index (χ3v) is 3.71. The minimum absolute atomic E-state index is 0.180. The maximum atomic E-state index is 12.0. The molecule has 0 spiro atoms. The van der Waals surface area contributed by atoms with Gasteiger partial charge in [0.05, 0.1) is 5.56 Å². The van der Waals surface area contributed by atoms with Gasteiger partial charge in [-0.05, 0) is 12.5 Å². The van der Waals surface area contributed by atoms with Crippen molar-refractivity contribution >= 4 is 22.4 Å². The smallest absolute Gasteiger partial charge is 0.422 e. The number of hydrogen-bond acceptors (Lipinski definition) is 6. The fourth-order valence-electron chi connectivity index (χ4n) is 1.66. The zero-order valence-electron chi connectivity index (χ0n) is 12.8. The van der Waals surface area contributed by atoms with Crippen LogP contribution in [-0.2, 0) is 6.42 Å². The predicted octanol–water partition coefficient (Wildman–Crippen LogP) is 3.47. The van der Waals surface area contributed by atoms with E-state index in [4.69, 9.17) is 0 Å². The zero-order valence-corrected chi connectivity index (χ0v) is 13.6. The molecule has 0 aliphatic carbocycles. The number of halogens is 3. The number of aryl methyl sites for hydroxylation is 1. The number of nitrogens with zero attached hydrogens (tertiary/aromatic N) is 3. The van der Waals surface area contributed by atoms with Crippen molar-refractivity contribution in [3.05, 3.63) is 28.9 Å². The van der Waals surface area contributed by atoms with Crippen LogP contribution in [0.25, 0.3) is 0 Å². The lowest BCUT2D eigenvalue weighted by molar-refractivity contribution is -0.154. The molecule has 2 aromatic rings. The van der Waals surface area contributed by atoms with E-state index in [1.54, 1.807) is 0 Å². The van der Waals surface area contributed by atoms with Crippen LogP contribution in [0.4, 0.5) is 18.3 Å². The molecule has 1 amide bonds. The van der Waals surface area contributed by atoms with Crippen LogP contribution in [-0.4, -0.2) is 33.9 Å². The first-order chi connectivity index (χ1) is 11.4. The Bertz CT molecular complexity index is 673. The molecule has 0 aliphatic rings. The van der Waals surface area contributed by atoms with Gasteiger partial charge in [-0.3, -0.25) is 10.1 Å². The Morgan fingerprint density at radius 3 is 2.75 bits per heavy atom. The van der Waals surface area contributed by atoms with Gasteiger partial charge in [0.25, 0.3) is 5.91 Å². The molecule has 0 saturated carbocycles. The summed E-state index contributed by atoms with van der Waals surface area (Å²) in [5.41, 5.74) is 0.180. The molecule has 0 radical (unpaired) electrons. The molecule has 0 aromatic carbocycles. The molecule has 0 saturated heterocycles. The number of alkyl halides is 3. The molecule has 6 nitrogen and oxygen atoms in total. The van der Waals surface area contributed by atoms with E-state index in [0.29, 0.717) is 5.13 Å². The summed E-state index contributed by atoms with van der Waals surface area (Å²) in [6.45, 7) is 0.635. The lowest BCUT2D eigenvalue weighted by atomic mass is 10.3. The van der Waals surface area contributed by atoms with E-state index in [1.807, 2.05) is 0 Å². The monoisotopic (exact) mass is 360 g/mol. The molecule has 24 heavy (non-hydrogen) atoms. The van der Waals surface area contributed by atoms with Crippen molar-refractivity contribution in [1.82, 2.24) is 15.2 Å². The van der Waals surface area contributed by atoms with Crippen LogP contribution in [0.15, 0.2) is 18.3 Å². The Balaban J connectivity index is 1.91. The van der Waals surface area contributed by atoms with Crippen molar-refractivity contribution in [2.75, 3.05) is 11.9 Å². The van der Waals surface area contributed by atoms with Gasteiger partial charge in [0.15, 0.2) is 6.61 Å². The summed E-state index contributed by atoms with van der Waals surface area (Å²) >= 11 is 1.29. The molecule has 0 aliphatic heterocycles. The predicted molar refractivity (Wildman–Crippen MR) is 82.3 cm³/mol. The Hall–Kier alpha value is -2.23. The number of aromatic nitrogens is 3. The largest absolute Gasteiger partial charge is 0.468 e. The first kappa shape index (κ1) is 18.1. The van der Waals surface area contributed by atoms with Crippen LogP contribution in [0, 0.1) is 0 Å².